The summed E-state index contributed by atoms with van der Waals surface area (Å²) in [5, 5.41) is 2.82. The van der Waals surface area contributed by atoms with E-state index >= 15 is 0 Å². The quantitative estimate of drug-likeness (QED) is 0.903. The summed E-state index contributed by atoms with van der Waals surface area (Å²) in [6, 6.07) is 10.8. The summed E-state index contributed by atoms with van der Waals surface area (Å²) in [6.45, 7) is 0.972. The Hall–Kier alpha value is -2.60. The second-order valence-corrected chi connectivity index (χ2v) is 5.39. The number of ether oxygens (including phenoxy) is 1. The van der Waals surface area contributed by atoms with Gasteiger partial charge in [-0.25, -0.2) is 0 Å². The van der Waals surface area contributed by atoms with Gasteiger partial charge in [-0.1, -0.05) is 30.3 Å². The smallest absolute Gasteiger partial charge is 0.249 e. The summed E-state index contributed by atoms with van der Waals surface area (Å²) in [5.74, 6) is -0.404. The second-order valence-electron chi connectivity index (χ2n) is 5.39. The first kappa shape index (κ1) is 15.3. The topological polar surface area (TPSA) is 71.8 Å². The molecule has 0 radical (unpaired) electrons. The van der Waals surface area contributed by atoms with Crippen LogP contribution in [0.1, 0.15) is 11.1 Å². The molecule has 2 aromatic rings. The maximum Gasteiger partial charge on any atom is 0.249 e. The van der Waals surface area contributed by atoms with Crippen LogP contribution in [-0.4, -0.2) is 36.0 Å². The number of hydrogen-bond acceptors (Lipinski definition) is 4. The van der Waals surface area contributed by atoms with Gasteiger partial charge in [-0.3, -0.25) is 9.59 Å². The zero-order valence-corrected chi connectivity index (χ0v) is 12.6. The SMILES string of the molecule is O=C(NCc1ccoc1)[C@@H]1COCC(=O)N1Cc1ccccc1. The van der Waals surface area contributed by atoms with E-state index in [0.29, 0.717) is 13.1 Å². The lowest BCUT2D eigenvalue weighted by molar-refractivity contribution is -0.155. The van der Waals surface area contributed by atoms with Gasteiger partial charge in [0.1, 0.15) is 12.6 Å². The molecule has 1 aliphatic rings. The van der Waals surface area contributed by atoms with Crippen molar-refractivity contribution in [3.05, 3.63) is 60.1 Å². The Morgan fingerprint density at radius 3 is 2.78 bits per heavy atom. The van der Waals surface area contributed by atoms with E-state index < -0.39 is 6.04 Å². The molecule has 0 bridgehead atoms. The number of carbonyl (C=O) groups is 2. The number of rotatable bonds is 5. The molecule has 6 nitrogen and oxygen atoms in total. The highest BCUT2D eigenvalue weighted by Crippen LogP contribution is 2.14. The van der Waals surface area contributed by atoms with Crippen LogP contribution in [0.25, 0.3) is 0 Å². The lowest BCUT2D eigenvalue weighted by Gasteiger charge is -2.34. The van der Waals surface area contributed by atoms with Gasteiger partial charge in [0.2, 0.25) is 11.8 Å². The molecule has 2 amide bonds. The molecule has 1 aliphatic heterocycles. The number of nitrogens with zero attached hydrogens (tertiary/aromatic N) is 1. The van der Waals surface area contributed by atoms with Crippen LogP contribution in [0.2, 0.25) is 0 Å². The summed E-state index contributed by atoms with van der Waals surface area (Å²) in [4.78, 5) is 26.1. The highest BCUT2D eigenvalue weighted by atomic mass is 16.5. The normalized spacial score (nSPS) is 18.0. The van der Waals surface area contributed by atoms with Crippen LogP contribution in [0.3, 0.4) is 0 Å². The molecule has 1 aromatic carbocycles. The molecule has 1 fully saturated rings. The van der Waals surface area contributed by atoms with E-state index in [1.807, 2.05) is 30.3 Å². The Labute approximate surface area is 134 Å². The molecule has 120 valence electrons. The predicted octanol–water partition coefficient (Wildman–Crippen LogP) is 1.32. The van der Waals surface area contributed by atoms with Crippen molar-refractivity contribution in [1.82, 2.24) is 10.2 Å². The largest absolute Gasteiger partial charge is 0.472 e. The fourth-order valence-corrected chi connectivity index (χ4v) is 2.50. The first-order valence-corrected chi connectivity index (χ1v) is 7.44. The Morgan fingerprint density at radius 2 is 2.04 bits per heavy atom. The van der Waals surface area contributed by atoms with Gasteiger partial charge in [0.25, 0.3) is 0 Å². The fourth-order valence-electron chi connectivity index (χ4n) is 2.50. The molecule has 6 heteroatoms. The molecule has 0 aliphatic carbocycles. The number of furan rings is 1. The predicted molar refractivity (Wildman–Crippen MR) is 82.2 cm³/mol. The van der Waals surface area contributed by atoms with Crippen LogP contribution in [0.4, 0.5) is 0 Å². The van der Waals surface area contributed by atoms with E-state index in [9.17, 15) is 9.59 Å². The molecule has 0 spiro atoms. The van der Waals surface area contributed by atoms with Crippen LogP contribution < -0.4 is 5.32 Å². The van der Waals surface area contributed by atoms with E-state index in [4.69, 9.17) is 9.15 Å². The first-order valence-electron chi connectivity index (χ1n) is 7.44. The van der Waals surface area contributed by atoms with E-state index in [2.05, 4.69) is 5.32 Å². The van der Waals surface area contributed by atoms with E-state index in [-0.39, 0.29) is 25.0 Å². The molecular formula is C17H18N2O4. The van der Waals surface area contributed by atoms with Gasteiger partial charge in [0.05, 0.1) is 19.1 Å². The average molecular weight is 314 g/mol. The summed E-state index contributed by atoms with van der Waals surface area (Å²) >= 11 is 0. The third-order valence-electron chi connectivity index (χ3n) is 3.74. The Balaban J connectivity index is 1.67. The molecule has 1 aromatic heterocycles. The Kier molecular flexibility index (Phi) is 4.73. The second kappa shape index (κ2) is 7.11. The van der Waals surface area contributed by atoms with Crippen molar-refractivity contribution in [3.63, 3.8) is 0 Å². The molecule has 23 heavy (non-hydrogen) atoms. The van der Waals surface area contributed by atoms with Crippen LogP contribution in [0, 0.1) is 0 Å². The van der Waals surface area contributed by atoms with E-state index in [1.54, 1.807) is 23.5 Å². The zero-order valence-electron chi connectivity index (χ0n) is 12.6. The minimum atomic E-state index is -0.622. The molecular weight excluding hydrogens is 296 g/mol. The molecule has 0 saturated carbocycles. The van der Waals surface area contributed by atoms with Gasteiger partial charge in [-0.2, -0.15) is 0 Å². The van der Waals surface area contributed by atoms with Crippen molar-refractivity contribution < 1.29 is 18.7 Å². The van der Waals surface area contributed by atoms with E-state index in [1.165, 1.54) is 0 Å². The third kappa shape index (κ3) is 3.78. The minimum absolute atomic E-state index is 0.0122. The van der Waals surface area contributed by atoms with Crippen LogP contribution in [0.5, 0.6) is 0 Å². The van der Waals surface area contributed by atoms with Gasteiger partial charge in [0.15, 0.2) is 0 Å². The first-order chi connectivity index (χ1) is 11.2. The Morgan fingerprint density at radius 1 is 1.22 bits per heavy atom. The van der Waals surface area contributed by atoms with Gasteiger partial charge in [-0.05, 0) is 11.6 Å². The lowest BCUT2D eigenvalue weighted by atomic mass is 10.1. The number of benzene rings is 1. The number of hydrogen-bond donors (Lipinski definition) is 1. The fraction of sp³-hybridized carbons (Fsp3) is 0.294. The summed E-state index contributed by atoms with van der Waals surface area (Å²) in [7, 11) is 0. The molecule has 1 N–H and O–H groups in total. The zero-order chi connectivity index (χ0) is 16.1. The molecule has 0 unspecified atom stereocenters. The summed E-state index contributed by atoms with van der Waals surface area (Å²) < 4.78 is 10.2. The Bertz CT molecular complexity index is 654. The van der Waals surface area contributed by atoms with Gasteiger partial charge >= 0.3 is 0 Å². The van der Waals surface area contributed by atoms with E-state index in [0.717, 1.165) is 11.1 Å². The van der Waals surface area contributed by atoms with Gasteiger partial charge in [-0.15, -0.1) is 0 Å². The van der Waals surface area contributed by atoms with Crippen LogP contribution in [-0.2, 0) is 27.4 Å². The standard InChI is InChI=1S/C17H18N2O4/c20-16-12-23-11-15(17(21)18-8-14-6-7-22-10-14)19(16)9-13-4-2-1-3-5-13/h1-7,10,15H,8-9,11-12H2,(H,18,21)/t15-/m0/s1. The minimum Gasteiger partial charge on any atom is -0.472 e. The molecule has 1 atom stereocenters. The van der Waals surface area contributed by atoms with Crippen molar-refractivity contribution in [2.24, 2.45) is 0 Å². The van der Waals surface area contributed by atoms with Crippen molar-refractivity contribution in [1.29, 1.82) is 0 Å². The van der Waals surface area contributed by atoms with Crippen LogP contribution in [0.15, 0.2) is 53.3 Å². The number of morpholine rings is 1. The third-order valence-corrected chi connectivity index (χ3v) is 3.74. The maximum atomic E-state index is 12.4. The maximum absolute atomic E-state index is 12.4. The van der Waals surface area contributed by atoms with Crippen LogP contribution >= 0.6 is 0 Å². The molecule has 1 saturated heterocycles. The highest BCUT2D eigenvalue weighted by Gasteiger charge is 2.33. The van der Waals surface area contributed by atoms with Crippen molar-refractivity contribution >= 4 is 11.8 Å². The van der Waals surface area contributed by atoms with Gasteiger partial charge in [0, 0.05) is 18.7 Å². The van der Waals surface area contributed by atoms with Crippen molar-refractivity contribution in [3.8, 4) is 0 Å². The summed E-state index contributed by atoms with van der Waals surface area (Å²) in [6.07, 6.45) is 3.13. The molecule has 3 rings (SSSR count). The van der Waals surface area contributed by atoms with Gasteiger partial charge < -0.3 is 19.4 Å². The average Bonchev–Trinajstić information content (AvgIpc) is 3.09. The van der Waals surface area contributed by atoms with Crippen molar-refractivity contribution in [2.75, 3.05) is 13.2 Å². The summed E-state index contributed by atoms with van der Waals surface area (Å²) in [5.41, 5.74) is 1.85. The lowest BCUT2D eigenvalue weighted by Crippen LogP contribution is -2.55. The molecule has 2 heterocycles. The monoisotopic (exact) mass is 314 g/mol. The number of nitrogens with one attached hydrogen (secondary N) is 1. The number of amides is 2. The highest BCUT2D eigenvalue weighted by molar-refractivity contribution is 5.89. The van der Waals surface area contributed by atoms with Crippen molar-refractivity contribution in [2.45, 2.75) is 19.1 Å². The number of carbonyl (C=O) groups excluding carboxylic acids is 2.